The van der Waals surface area contributed by atoms with Crippen molar-refractivity contribution in [1.29, 1.82) is 0 Å². The number of amides is 1. The fourth-order valence-corrected chi connectivity index (χ4v) is 6.60. The van der Waals surface area contributed by atoms with Crippen LogP contribution in [-0.4, -0.2) is 36.6 Å². The molecule has 2 aromatic rings. The van der Waals surface area contributed by atoms with Crippen LogP contribution in [0.25, 0.3) is 0 Å². The Morgan fingerprint density at radius 2 is 1.56 bits per heavy atom. The zero-order valence-electron chi connectivity index (χ0n) is 14.9. The molecule has 2 aliphatic rings. The molecule has 0 unspecified atom stereocenters. The lowest BCUT2D eigenvalue weighted by atomic mass is 10.0. The smallest absolute Gasteiger partial charge is 0.227 e. The molecular weight excluding hydrogens is 426 g/mol. The third kappa shape index (κ3) is 3.69. The number of carbonyl (C=O) groups is 1. The van der Waals surface area contributed by atoms with Gasteiger partial charge in [-0.2, -0.15) is 0 Å². The Labute approximate surface area is 168 Å². The third-order valence-electron chi connectivity index (χ3n) is 5.76. The molecular formula is C21H22BrNO3S. The van der Waals surface area contributed by atoms with Crippen molar-refractivity contribution in [1.82, 2.24) is 4.90 Å². The van der Waals surface area contributed by atoms with Crippen LogP contribution in [0.2, 0.25) is 0 Å². The minimum absolute atomic E-state index is 0.0372. The first-order chi connectivity index (χ1) is 12.9. The maximum absolute atomic E-state index is 13.0. The van der Waals surface area contributed by atoms with Gasteiger partial charge in [0.1, 0.15) is 0 Å². The monoisotopic (exact) mass is 447 g/mol. The van der Waals surface area contributed by atoms with Gasteiger partial charge in [0.2, 0.25) is 5.91 Å². The summed E-state index contributed by atoms with van der Waals surface area (Å²) in [5.74, 6) is 0.111. The quantitative estimate of drug-likeness (QED) is 0.711. The summed E-state index contributed by atoms with van der Waals surface area (Å²) >= 11 is 3.41. The number of fused-ring (bicyclic) bond motifs is 2. The fourth-order valence-electron chi connectivity index (χ4n) is 4.46. The Balaban J connectivity index is 1.49. The molecule has 142 valence electrons. The van der Waals surface area contributed by atoms with Crippen molar-refractivity contribution < 1.29 is 13.2 Å². The minimum atomic E-state index is -3.34. The SMILES string of the molecule is O=C(Cc1ccc(Br)cc1)N1[C@@H]2CC[C@@H]1CC(S(=O)(=O)c1ccccc1)C2. The van der Waals surface area contributed by atoms with E-state index >= 15 is 0 Å². The molecule has 0 spiro atoms. The van der Waals surface area contributed by atoms with Gasteiger partial charge in [-0.3, -0.25) is 4.79 Å². The number of halogens is 1. The topological polar surface area (TPSA) is 54.5 Å². The van der Waals surface area contributed by atoms with Crippen molar-refractivity contribution in [2.24, 2.45) is 0 Å². The van der Waals surface area contributed by atoms with Gasteiger partial charge in [0.25, 0.3) is 0 Å². The molecule has 2 atom stereocenters. The van der Waals surface area contributed by atoms with Gasteiger partial charge < -0.3 is 4.90 Å². The second-order valence-electron chi connectivity index (χ2n) is 7.44. The molecule has 0 aliphatic carbocycles. The van der Waals surface area contributed by atoms with Crippen molar-refractivity contribution in [3.63, 3.8) is 0 Å². The van der Waals surface area contributed by atoms with Crippen LogP contribution in [0.1, 0.15) is 31.2 Å². The first-order valence-corrected chi connectivity index (χ1v) is 11.6. The predicted molar refractivity (Wildman–Crippen MR) is 108 cm³/mol. The lowest BCUT2D eigenvalue weighted by molar-refractivity contribution is -0.134. The molecule has 0 radical (unpaired) electrons. The van der Waals surface area contributed by atoms with Crippen LogP contribution in [0.5, 0.6) is 0 Å². The molecule has 6 heteroatoms. The van der Waals surface area contributed by atoms with Gasteiger partial charge >= 0.3 is 0 Å². The summed E-state index contributed by atoms with van der Waals surface area (Å²) in [5, 5.41) is -0.394. The molecule has 2 saturated heterocycles. The number of nitrogens with zero attached hydrogens (tertiary/aromatic N) is 1. The van der Waals surface area contributed by atoms with Gasteiger partial charge in [0, 0.05) is 16.6 Å². The molecule has 2 aliphatic heterocycles. The Kier molecular flexibility index (Phi) is 5.12. The van der Waals surface area contributed by atoms with E-state index in [1.165, 1.54) is 0 Å². The second-order valence-corrected chi connectivity index (χ2v) is 10.6. The van der Waals surface area contributed by atoms with Crippen molar-refractivity contribution in [3.05, 3.63) is 64.6 Å². The summed E-state index contributed by atoms with van der Waals surface area (Å²) < 4.78 is 27.0. The van der Waals surface area contributed by atoms with Crippen molar-refractivity contribution in [3.8, 4) is 0 Å². The van der Waals surface area contributed by atoms with E-state index in [0.29, 0.717) is 24.2 Å². The number of hydrogen-bond donors (Lipinski definition) is 0. The number of rotatable bonds is 4. The molecule has 2 fully saturated rings. The highest BCUT2D eigenvalue weighted by Crippen LogP contribution is 2.40. The normalized spacial score (nSPS) is 24.8. The Bertz CT molecular complexity index is 914. The highest BCUT2D eigenvalue weighted by atomic mass is 79.9. The van der Waals surface area contributed by atoms with Crippen LogP contribution in [0.4, 0.5) is 0 Å². The lowest BCUT2D eigenvalue weighted by Crippen LogP contribution is -2.50. The standard InChI is InChI=1S/C21H22BrNO3S/c22-16-8-6-15(7-9-16)12-21(24)23-17-10-11-18(23)14-20(13-17)27(25,26)19-4-2-1-3-5-19/h1-9,17-18,20H,10-14H2/t17-,18-/m1/s1. The van der Waals surface area contributed by atoms with Crippen molar-refractivity contribution in [2.45, 2.75) is 54.3 Å². The van der Waals surface area contributed by atoms with Gasteiger partial charge in [-0.25, -0.2) is 8.42 Å². The van der Waals surface area contributed by atoms with Crippen LogP contribution in [0.3, 0.4) is 0 Å². The highest BCUT2D eigenvalue weighted by molar-refractivity contribution is 9.10. The molecule has 0 N–H and O–H groups in total. The number of piperidine rings is 1. The van der Waals surface area contributed by atoms with Gasteiger partial charge in [0.05, 0.1) is 16.6 Å². The van der Waals surface area contributed by atoms with Crippen LogP contribution in [0.15, 0.2) is 64.0 Å². The maximum Gasteiger partial charge on any atom is 0.227 e. The molecule has 2 bridgehead atoms. The summed E-state index contributed by atoms with van der Waals surface area (Å²) in [4.78, 5) is 15.3. The number of carbonyl (C=O) groups excluding carboxylic acids is 1. The first kappa shape index (κ1) is 18.7. The highest BCUT2D eigenvalue weighted by Gasteiger charge is 2.46. The van der Waals surface area contributed by atoms with Gasteiger partial charge in [-0.15, -0.1) is 0 Å². The lowest BCUT2D eigenvalue weighted by Gasteiger charge is -2.38. The van der Waals surface area contributed by atoms with Crippen molar-refractivity contribution in [2.75, 3.05) is 0 Å². The van der Waals surface area contributed by atoms with E-state index in [9.17, 15) is 13.2 Å². The van der Waals surface area contributed by atoms with Crippen LogP contribution in [-0.2, 0) is 21.1 Å². The molecule has 1 amide bonds. The fraction of sp³-hybridized carbons (Fsp3) is 0.381. The average molecular weight is 448 g/mol. The third-order valence-corrected chi connectivity index (χ3v) is 8.48. The van der Waals surface area contributed by atoms with E-state index in [1.807, 2.05) is 35.2 Å². The van der Waals surface area contributed by atoms with Crippen LogP contribution >= 0.6 is 15.9 Å². The molecule has 0 saturated carbocycles. The van der Waals surface area contributed by atoms with Crippen molar-refractivity contribution >= 4 is 31.7 Å². The molecule has 4 rings (SSSR count). The summed E-state index contributed by atoms with van der Waals surface area (Å²) in [6, 6.07) is 16.6. The van der Waals surface area contributed by atoms with E-state index in [-0.39, 0.29) is 18.0 Å². The van der Waals surface area contributed by atoms with Gasteiger partial charge in [0.15, 0.2) is 9.84 Å². The van der Waals surface area contributed by atoms with E-state index in [1.54, 1.807) is 24.3 Å². The number of benzene rings is 2. The van der Waals surface area contributed by atoms with E-state index in [2.05, 4.69) is 15.9 Å². The second kappa shape index (κ2) is 7.40. The summed E-state index contributed by atoms with van der Waals surface area (Å²) in [6.07, 6.45) is 3.26. The molecule has 2 heterocycles. The zero-order chi connectivity index (χ0) is 19.0. The molecule has 2 aromatic carbocycles. The maximum atomic E-state index is 13.0. The minimum Gasteiger partial charge on any atom is -0.336 e. The van der Waals surface area contributed by atoms with E-state index < -0.39 is 15.1 Å². The van der Waals surface area contributed by atoms with Crippen LogP contribution in [0, 0.1) is 0 Å². The first-order valence-electron chi connectivity index (χ1n) is 9.29. The average Bonchev–Trinajstić information content (AvgIpc) is 2.94. The Morgan fingerprint density at radius 3 is 2.15 bits per heavy atom. The number of sulfone groups is 1. The van der Waals surface area contributed by atoms with Gasteiger partial charge in [-0.05, 0) is 55.5 Å². The zero-order valence-corrected chi connectivity index (χ0v) is 17.3. The molecule has 0 aromatic heterocycles. The largest absolute Gasteiger partial charge is 0.336 e. The number of hydrogen-bond acceptors (Lipinski definition) is 3. The van der Waals surface area contributed by atoms with Gasteiger partial charge in [-0.1, -0.05) is 46.3 Å². The van der Waals surface area contributed by atoms with Crippen LogP contribution < -0.4 is 0 Å². The summed E-state index contributed by atoms with van der Waals surface area (Å²) in [5.41, 5.74) is 0.988. The Morgan fingerprint density at radius 1 is 0.963 bits per heavy atom. The Hall–Kier alpha value is -1.66. The molecule has 4 nitrogen and oxygen atoms in total. The van der Waals surface area contributed by atoms with E-state index in [0.717, 1.165) is 22.9 Å². The summed E-state index contributed by atoms with van der Waals surface area (Å²) in [6.45, 7) is 0. The molecule has 27 heavy (non-hydrogen) atoms. The van der Waals surface area contributed by atoms with E-state index in [4.69, 9.17) is 0 Å². The predicted octanol–water partition coefficient (Wildman–Crippen LogP) is 3.99. The summed E-state index contributed by atoms with van der Waals surface area (Å²) in [7, 11) is -3.34.